The molecule has 0 aliphatic carbocycles. The smallest absolute Gasteiger partial charge is 0.254 e. The van der Waals surface area contributed by atoms with Crippen molar-refractivity contribution in [3.63, 3.8) is 0 Å². The maximum absolute atomic E-state index is 12.3. The first-order chi connectivity index (χ1) is 11.2. The van der Waals surface area contributed by atoms with Crippen molar-refractivity contribution in [3.8, 4) is 0 Å². The van der Waals surface area contributed by atoms with E-state index in [2.05, 4.69) is 20.6 Å². The Labute approximate surface area is 136 Å². The number of amides is 1. The van der Waals surface area contributed by atoms with E-state index < -0.39 is 0 Å². The highest BCUT2D eigenvalue weighted by Gasteiger charge is 2.19. The number of hydrogen-bond acceptors (Lipinski definition) is 4. The van der Waals surface area contributed by atoms with Gasteiger partial charge in [-0.25, -0.2) is 9.97 Å². The topological polar surface area (TPSA) is 66.9 Å². The van der Waals surface area contributed by atoms with E-state index in [9.17, 15) is 4.79 Å². The van der Waals surface area contributed by atoms with Crippen molar-refractivity contribution in [1.29, 1.82) is 0 Å². The van der Waals surface area contributed by atoms with E-state index >= 15 is 0 Å². The molecule has 120 valence electrons. The zero-order valence-electron chi connectivity index (χ0n) is 13.4. The minimum atomic E-state index is -0.125. The second-order valence-corrected chi connectivity index (χ2v) is 5.94. The molecular weight excluding hydrogens is 288 g/mol. The Morgan fingerprint density at radius 1 is 1.35 bits per heavy atom. The molecule has 1 aliphatic heterocycles. The van der Waals surface area contributed by atoms with E-state index in [0.29, 0.717) is 18.0 Å². The third-order valence-corrected chi connectivity index (χ3v) is 4.20. The molecule has 1 aromatic heterocycles. The van der Waals surface area contributed by atoms with Gasteiger partial charge in [-0.3, -0.25) is 4.79 Å². The lowest BCUT2D eigenvalue weighted by atomic mass is 9.98. The summed E-state index contributed by atoms with van der Waals surface area (Å²) in [4.78, 5) is 21.3. The van der Waals surface area contributed by atoms with Crippen LogP contribution < -0.4 is 10.6 Å². The van der Waals surface area contributed by atoms with Crippen molar-refractivity contribution in [1.82, 2.24) is 20.6 Å². The molecule has 0 saturated carbocycles. The molecule has 1 atom stereocenters. The number of carbonyl (C=O) groups excluding carboxylic acids is 1. The molecule has 5 nitrogen and oxygen atoms in total. The number of nitrogens with one attached hydrogen (secondary N) is 2. The minimum absolute atomic E-state index is 0.125. The zero-order chi connectivity index (χ0) is 16.1. The SMILES string of the molecule is Cc1nc(C2CCCNC2)ncc1C(=O)NCc1ccccc1. The van der Waals surface area contributed by atoms with Crippen LogP contribution in [0.1, 0.15) is 46.2 Å². The van der Waals surface area contributed by atoms with Gasteiger partial charge in [0, 0.05) is 25.2 Å². The molecule has 2 N–H and O–H groups in total. The highest BCUT2D eigenvalue weighted by Crippen LogP contribution is 2.20. The number of aryl methyl sites for hydroxylation is 1. The summed E-state index contributed by atoms with van der Waals surface area (Å²) in [7, 11) is 0. The van der Waals surface area contributed by atoms with Crippen LogP contribution >= 0.6 is 0 Å². The molecule has 1 amide bonds. The van der Waals surface area contributed by atoms with Crippen molar-refractivity contribution >= 4 is 5.91 Å². The summed E-state index contributed by atoms with van der Waals surface area (Å²) in [6.45, 7) is 4.36. The molecule has 1 aliphatic rings. The van der Waals surface area contributed by atoms with Crippen LogP contribution in [0.2, 0.25) is 0 Å². The van der Waals surface area contributed by atoms with Gasteiger partial charge in [-0.1, -0.05) is 30.3 Å². The molecule has 1 fully saturated rings. The second kappa shape index (κ2) is 7.33. The van der Waals surface area contributed by atoms with Gasteiger partial charge in [-0.15, -0.1) is 0 Å². The lowest BCUT2D eigenvalue weighted by Gasteiger charge is -2.21. The van der Waals surface area contributed by atoms with Crippen molar-refractivity contribution in [2.24, 2.45) is 0 Å². The number of aromatic nitrogens is 2. The predicted molar refractivity (Wildman–Crippen MR) is 89.2 cm³/mol. The minimum Gasteiger partial charge on any atom is -0.348 e. The maximum Gasteiger partial charge on any atom is 0.254 e. The summed E-state index contributed by atoms with van der Waals surface area (Å²) in [5, 5.41) is 6.29. The molecule has 1 saturated heterocycles. The highest BCUT2D eigenvalue weighted by molar-refractivity contribution is 5.94. The lowest BCUT2D eigenvalue weighted by molar-refractivity contribution is 0.0949. The number of nitrogens with zero attached hydrogens (tertiary/aromatic N) is 2. The van der Waals surface area contributed by atoms with Gasteiger partial charge in [0.15, 0.2) is 0 Å². The number of benzene rings is 1. The summed E-state index contributed by atoms with van der Waals surface area (Å²) in [6.07, 6.45) is 3.91. The van der Waals surface area contributed by atoms with Gasteiger partial charge in [0.1, 0.15) is 5.82 Å². The van der Waals surface area contributed by atoms with Crippen molar-refractivity contribution < 1.29 is 4.79 Å². The Balaban J connectivity index is 1.66. The Hall–Kier alpha value is -2.27. The van der Waals surface area contributed by atoms with Crippen LogP contribution in [-0.2, 0) is 6.54 Å². The molecule has 2 aromatic rings. The van der Waals surface area contributed by atoms with E-state index in [-0.39, 0.29) is 5.91 Å². The summed E-state index contributed by atoms with van der Waals surface area (Å²) in [5.74, 6) is 1.07. The fraction of sp³-hybridized carbons (Fsp3) is 0.389. The molecule has 23 heavy (non-hydrogen) atoms. The van der Waals surface area contributed by atoms with Gasteiger partial charge in [0.25, 0.3) is 5.91 Å². The van der Waals surface area contributed by atoms with E-state index in [0.717, 1.165) is 43.0 Å². The average molecular weight is 310 g/mol. The monoisotopic (exact) mass is 310 g/mol. The van der Waals surface area contributed by atoms with Crippen LogP contribution in [0.15, 0.2) is 36.5 Å². The van der Waals surface area contributed by atoms with E-state index in [1.807, 2.05) is 37.3 Å². The van der Waals surface area contributed by atoms with Crippen LogP contribution in [0.5, 0.6) is 0 Å². The van der Waals surface area contributed by atoms with Gasteiger partial charge in [-0.2, -0.15) is 0 Å². The number of piperidine rings is 1. The maximum atomic E-state index is 12.3. The van der Waals surface area contributed by atoms with Gasteiger partial charge in [0.2, 0.25) is 0 Å². The van der Waals surface area contributed by atoms with Gasteiger partial charge >= 0.3 is 0 Å². The number of rotatable bonds is 4. The van der Waals surface area contributed by atoms with Crippen LogP contribution in [0.4, 0.5) is 0 Å². The van der Waals surface area contributed by atoms with Crippen molar-refractivity contribution in [2.45, 2.75) is 32.2 Å². The van der Waals surface area contributed by atoms with E-state index in [4.69, 9.17) is 0 Å². The van der Waals surface area contributed by atoms with Crippen molar-refractivity contribution in [3.05, 3.63) is 59.2 Å². The molecule has 1 unspecified atom stereocenters. The Morgan fingerprint density at radius 2 is 2.17 bits per heavy atom. The van der Waals surface area contributed by atoms with Crippen molar-refractivity contribution in [2.75, 3.05) is 13.1 Å². The Bertz CT molecular complexity index is 666. The third kappa shape index (κ3) is 3.93. The highest BCUT2D eigenvalue weighted by atomic mass is 16.1. The largest absolute Gasteiger partial charge is 0.348 e. The molecule has 3 rings (SSSR count). The second-order valence-electron chi connectivity index (χ2n) is 5.94. The molecule has 1 aromatic carbocycles. The van der Waals surface area contributed by atoms with Crippen LogP contribution in [0, 0.1) is 6.92 Å². The number of hydrogen-bond donors (Lipinski definition) is 2. The summed E-state index contributed by atoms with van der Waals surface area (Å²) >= 11 is 0. The first kappa shape index (κ1) is 15.6. The lowest BCUT2D eigenvalue weighted by Crippen LogP contribution is -2.30. The van der Waals surface area contributed by atoms with E-state index in [1.54, 1.807) is 6.20 Å². The fourth-order valence-corrected chi connectivity index (χ4v) is 2.85. The first-order valence-electron chi connectivity index (χ1n) is 8.10. The molecule has 0 bridgehead atoms. The Kier molecular flexibility index (Phi) is 4.98. The summed E-state index contributed by atoms with van der Waals surface area (Å²) in [6, 6.07) is 9.86. The fourth-order valence-electron chi connectivity index (χ4n) is 2.85. The molecule has 2 heterocycles. The average Bonchev–Trinajstić information content (AvgIpc) is 2.61. The third-order valence-electron chi connectivity index (χ3n) is 4.20. The predicted octanol–water partition coefficient (Wildman–Crippen LogP) is 2.18. The quantitative estimate of drug-likeness (QED) is 0.908. The first-order valence-corrected chi connectivity index (χ1v) is 8.10. The zero-order valence-corrected chi connectivity index (χ0v) is 13.4. The summed E-state index contributed by atoms with van der Waals surface area (Å²) in [5.41, 5.74) is 2.36. The van der Waals surface area contributed by atoms with Gasteiger partial charge in [0.05, 0.1) is 11.3 Å². The van der Waals surface area contributed by atoms with Crippen LogP contribution in [-0.4, -0.2) is 29.0 Å². The molecular formula is C18H22N4O. The van der Waals surface area contributed by atoms with E-state index in [1.165, 1.54) is 0 Å². The number of carbonyl (C=O) groups is 1. The Morgan fingerprint density at radius 3 is 2.87 bits per heavy atom. The van der Waals surface area contributed by atoms with Crippen LogP contribution in [0.3, 0.4) is 0 Å². The molecule has 0 spiro atoms. The normalized spacial score (nSPS) is 17.7. The summed E-state index contributed by atoms with van der Waals surface area (Å²) < 4.78 is 0. The molecule has 0 radical (unpaired) electrons. The standard InChI is InChI=1S/C18H22N4O/c1-13-16(18(23)21-10-14-6-3-2-4-7-14)12-20-17(22-13)15-8-5-9-19-11-15/h2-4,6-7,12,15,19H,5,8-11H2,1H3,(H,21,23). The van der Waals surface area contributed by atoms with Gasteiger partial charge < -0.3 is 10.6 Å². The van der Waals surface area contributed by atoms with Crippen LogP contribution in [0.25, 0.3) is 0 Å². The van der Waals surface area contributed by atoms with Gasteiger partial charge in [-0.05, 0) is 31.9 Å². The molecule has 5 heteroatoms.